The topological polar surface area (TPSA) is 33.7 Å². The molecule has 112 valence electrons. The van der Waals surface area contributed by atoms with Crippen molar-refractivity contribution in [2.45, 2.75) is 32.0 Å². The van der Waals surface area contributed by atoms with E-state index < -0.39 is 5.72 Å². The molecule has 21 heavy (non-hydrogen) atoms. The van der Waals surface area contributed by atoms with Crippen LogP contribution in [0.5, 0.6) is 11.5 Å². The van der Waals surface area contributed by atoms with E-state index in [0.29, 0.717) is 18.3 Å². The van der Waals surface area contributed by atoms with Gasteiger partial charge >= 0.3 is 0 Å². The second kappa shape index (κ2) is 5.22. The van der Waals surface area contributed by atoms with E-state index in [1.165, 1.54) is 0 Å². The summed E-state index contributed by atoms with van der Waals surface area (Å²) >= 11 is 5.49. The summed E-state index contributed by atoms with van der Waals surface area (Å²) < 4.78 is 12.0. The van der Waals surface area contributed by atoms with E-state index in [2.05, 4.69) is 24.9 Å². The van der Waals surface area contributed by atoms with E-state index >= 15 is 0 Å². The highest BCUT2D eigenvalue weighted by molar-refractivity contribution is 7.80. The zero-order valence-corrected chi connectivity index (χ0v) is 13.2. The number of rotatable bonds is 4. The van der Waals surface area contributed by atoms with Crippen LogP contribution < -0.4 is 14.8 Å². The number of para-hydroxylation sites is 1. The molecule has 2 aliphatic heterocycles. The molecule has 2 bridgehead atoms. The van der Waals surface area contributed by atoms with Gasteiger partial charge in [-0.25, -0.2) is 0 Å². The van der Waals surface area contributed by atoms with Crippen LogP contribution in [0.15, 0.2) is 30.9 Å². The molecule has 0 aromatic heterocycles. The minimum Gasteiger partial charge on any atom is -0.490 e. The molecule has 2 heterocycles. The normalized spacial score (nSPS) is 26.5. The van der Waals surface area contributed by atoms with E-state index in [-0.39, 0.29) is 6.04 Å². The van der Waals surface area contributed by atoms with Gasteiger partial charge in [0, 0.05) is 18.5 Å². The SMILES string of the molecule is C=CCN1C(=S)N[C@H]2C[C@@]1(C)Oc1c(OCC)cccc12. The van der Waals surface area contributed by atoms with Crippen LogP contribution in [-0.4, -0.2) is 28.9 Å². The van der Waals surface area contributed by atoms with E-state index in [1.807, 2.05) is 30.0 Å². The highest BCUT2D eigenvalue weighted by Crippen LogP contribution is 2.47. The monoisotopic (exact) mass is 304 g/mol. The summed E-state index contributed by atoms with van der Waals surface area (Å²) in [5.74, 6) is 1.61. The molecule has 0 amide bonds. The maximum Gasteiger partial charge on any atom is 0.184 e. The Hall–Kier alpha value is -1.75. The number of nitrogens with zero attached hydrogens (tertiary/aromatic N) is 1. The minimum atomic E-state index is -0.471. The quantitative estimate of drug-likeness (QED) is 0.683. The molecule has 0 unspecified atom stereocenters. The minimum absolute atomic E-state index is 0.160. The van der Waals surface area contributed by atoms with Gasteiger partial charge < -0.3 is 19.7 Å². The van der Waals surface area contributed by atoms with Crippen LogP contribution >= 0.6 is 12.2 Å². The van der Waals surface area contributed by atoms with Gasteiger partial charge in [0.25, 0.3) is 0 Å². The van der Waals surface area contributed by atoms with Crippen LogP contribution in [0, 0.1) is 0 Å². The zero-order chi connectivity index (χ0) is 15.0. The molecule has 1 fully saturated rings. The molecule has 0 saturated carbocycles. The van der Waals surface area contributed by atoms with Crippen molar-refractivity contribution in [3.8, 4) is 11.5 Å². The number of benzene rings is 1. The summed E-state index contributed by atoms with van der Waals surface area (Å²) in [5.41, 5.74) is 0.639. The van der Waals surface area contributed by atoms with Gasteiger partial charge in [-0.2, -0.15) is 0 Å². The molecular formula is C16H20N2O2S. The smallest absolute Gasteiger partial charge is 0.184 e. The number of ether oxygens (including phenoxy) is 2. The van der Waals surface area contributed by atoms with Crippen molar-refractivity contribution >= 4 is 17.3 Å². The van der Waals surface area contributed by atoms with Crippen LogP contribution in [0.4, 0.5) is 0 Å². The lowest BCUT2D eigenvalue weighted by Gasteiger charge is -2.52. The Morgan fingerprint density at radius 1 is 1.62 bits per heavy atom. The van der Waals surface area contributed by atoms with Crippen molar-refractivity contribution in [1.29, 1.82) is 0 Å². The lowest BCUT2D eigenvalue weighted by Crippen LogP contribution is -2.64. The third-order valence-corrected chi connectivity index (χ3v) is 4.35. The largest absolute Gasteiger partial charge is 0.490 e. The molecule has 3 rings (SSSR count). The Bertz CT molecular complexity index is 590. The van der Waals surface area contributed by atoms with Crippen LogP contribution in [-0.2, 0) is 0 Å². The van der Waals surface area contributed by atoms with Crippen LogP contribution in [0.2, 0.25) is 0 Å². The summed E-state index contributed by atoms with van der Waals surface area (Å²) in [5, 5.41) is 4.12. The van der Waals surface area contributed by atoms with Gasteiger partial charge in [-0.3, -0.25) is 0 Å². The van der Waals surface area contributed by atoms with Gasteiger partial charge in [-0.1, -0.05) is 18.2 Å². The lowest BCUT2D eigenvalue weighted by atomic mass is 9.90. The summed E-state index contributed by atoms with van der Waals surface area (Å²) in [7, 11) is 0. The third kappa shape index (κ3) is 2.25. The average Bonchev–Trinajstić information content (AvgIpc) is 2.44. The molecule has 1 aromatic rings. The molecule has 0 spiro atoms. The summed E-state index contributed by atoms with van der Waals surface area (Å²) in [6.45, 7) is 9.12. The van der Waals surface area contributed by atoms with Gasteiger partial charge in [-0.15, -0.1) is 6.58 Å². The predicted molar refractivity (Wildman–Crippen MR) is 86.6 cm³/mol. The first kappa shape index (κ1) is 14.2. The van der Waals surface area contributed by atoms with E-state index in [1.54, 1.807) is 0 Å². The maximum absolute atomic E-state index is 6.34. The predicted octanol–water partition coefficient (Wildman–Crippen LogP) is 3.00. The lowest BCUT2D eigenvalue weighted by molar-refractivity contribution is -0.0648. The number of fused-ring (bicyclic) bond motifs is 4. The molecule has 0 radical (unpaired) electrons. The summed E-state index contributed by atoms with van der Waals surface area (Å²) in [6.07, 6.45) is 2.68. The zero-order valence-electron chi connectivity index (χ0n) is 12.4. The summed E-state index contributed by atoms with van der Waals surface area (Å²) in [6, 6.07) is 6.17. The Balaban J connectivity index is 2.05. The first-order valence-corrected chi connectivity index (χ1v) is 7.63. The molecule has 1 aromatic carbocycles. The Morgan fingerprint density at radius 3 is 3.14 bits per heavy atom. The Labute approximate surface area is 130 Å². The third-order valence-electron chi connectivity index (χ3n) is 4.01. The van der Waals surface area contributed by atoms with Gasteiger partial charge in [0.1, 0.15) is 0 Å². The van der Waals surface area contributed by atoms with Crippen LogP contribution in [0.1, 0.15) is 31.9 Å². The van der Waals surface area contributed by atoms with Crippen molar-refractivity contribution in [2.75, 3.05) is 13.2 Å². The Morgan fingerprint density at radius 2 is 2.43 bits per heavy atom. The van der Waals surface area contributed by atoms with Crippen LogP contribution in [0.3, 0.4) is 0 Å². The van der Waals surface area contributed by atoms with Crippen LogP contribution in [0.25, 0.3) is 0 Å². The van der Waals surface area contributed by atoms with E-state index in [0.717, 1.165) is 23.5 Å². The first-order valence-electron chi connectivity index (χ1n) is 7.23. The van der Waals surface area contributed by atoms with Crippen molar-refractivity contribution in [1.82, 2.24) is 10.2 Å². The van der Waals surface area contributed by atoms with Gasteiger partial charge in [-0.05, 0) is 32.1 Å². The fraction of sp³-hybridized carbons (Fsp3) is 0.438. The molecule has 5 heteroatoms. The fourth-order valence-corrected chi connectivity index (χ4v) is 3.49. The second-order valence-electron chi connectivity index (χ2n) is 5.49. The summed E-state index contributed by atoms with van der Waals surface area (Å²) in [4.78, 5) is 2.04. The molecule has 2 atom stereocenters. The Kier molecular flexibility index (Phi) is 3.53. The fourth-order valence-electron chi connectivity index (χ4n) is 3.08. The molecular weight excluding hydrogens is 284 g/mol. The molecule has 4 nitrogen and oxygen atoms in total. The molecule has 0 aliphatic carbocycles. The second-order valence-corrected chi connectivity index (χ2v) is 5.88. The first-order chi connectivity index (χ1) is 10.1. The number of nitrogens with one attached hydrogen (secondary N) is 1. The van der Waals surface area contributed by atoms with Crippen molar-refractivity contribution in [3.05, 3.63) is 36.4 Å². The van der Waals surface area contributed by atoms with Gasteiger partial charge in [0.2, 0.25) is 0 Å². The molecule has 1 saturated heterocycles. The van der Waals surface area contributed by atoms with Crippen molar-refractivity contribution in [2.24, 2.45) is 0 Å². The van der Waals surface area contributed by atoms with Gasteiger partial charge in [0.15, 0.2) is 22.3 Å². The highest BCUT2D eigenvalue weighted by Gasteiger charge is 2.47. The standard InChI is InChI=1S/C16H20N2O2S/c1-4-9-18-15(21)17-12-10-16(18,3)20-14-11(12)7-6-8-13(14)19-5-2/h4,6-8,12H,1,5,9-10H2,2-3H3,(H,17,21)/t12-,16+/m0/s1. The van der Waals surface area contributed by atoms with Gasteiger partial charge in [0.05, 0.1) is 12.6 Å². The molecule has 1 N–H and O–H groups in total. The average molecular weight is 304 g/mol. The molecule has 2 aliphatic rings. The van der Waals surface area contributed by atoms with E-state index in [4.69, 9.17) is 21.7 Å². The maximum atomic E-state index is 6.34. The van der Waals surface area contributed by atoms with E-state index in [9.17, 15) is 0 Å². The number of hydrogen-bond donors (Lipinski definition) is 1. The number of thiocarbonyl (C=S) groups is 1. The number of hydrogen-bond acceptors (Lipinski definition) is 3. The van der Waals surface area contributed by atoms with Crippen molar-refractivity contribution in [3.63, 3.8) is 0 Å². The highest BCUT2D eigenvalue weighted by atomic mass is 32.1. The van der Waals surface area contributed by atoms with Crippen molar-refractivity contribution < 1.29 is 9.47 Å².